The van der Waals surface area contributed by atoms with E-state index in [-0.39, 0.29) is 0 Å². The van der Waals surface area contributed by atoms with Crippen LogP contribution in [0.15, 0.2) is 39.0 Å². The molecular weight excluding hydrogens is 318 g/mol. The highest BCUT2D eigenvalue weighted by molar-refractivity contribution is 7.83. The highest BCUT2D eigenvalue weighted by Crippen LogP contribution is 2.18. The summed E-state index contributed by atoms with van der Waals surface area (Å²) in [5, 5.41) is 12.1. The molecule has 0 unspecified atom stereocenters. The number of hydrogen-bond acceptors (Lipinski definition) is 5. The minimum absolute atomic E-state index is 0.447. The predicted molar refractivity (Wildman–Crippen MR) is 97.2 cm³/mol. The fourth-order valence-electron chi connectivity index (χ4n) is 1.90. The number of aryl methyl sites for hydroxylation is 1. The van der Waals surface area contributed by atoms with Crippen LogP contribution in [0.25, 0.3) is 0 Å². The second-order valence-corrected chi connectivity index (χ2v) is 6.82. The smallest absolute Gasteiger partial charge is 0.148 e. The minimum atomic E-state index is 0.447. The van der Waals surface area contributed by atoms with Crippen molar-refractivity contribution < 1.29 is 5.11 Å². The molecule has 0 saturated carbocycles. The van der Waals surface area contributed by atoms with Gasteiger partial charge >= 0.3 is 0 Å². The summed E-state index contributed by atoms with van der Waals surface area (Å²) in [5.74, 6) is 0.447. The van der Waals surface area contributed by atoms with Gasteiger partial charge in [-0.05, 0) is 24.5 Å². The van der Waals surface area contributed by atoms with Gasteiger partial charge in [0.25, 0.3) is 0 Å². The van der Waals surface area contributed by atoms with Crippen molar-refractivity contribution in [2.75, 3.05) is 0 Å². The highest BCUT2D eigenvalue weighted by Gasteiger charge is 1.98. The number of phenols is 1. The number of nitrogens with zero attached hydrogens (tertiary/aromatic N) is 1. The molecule has 0 radical (unpaired) electrons. The molecule has 116 valence electrons. The molecule has 2 aromatic rings. The van der Waals surface area contributed by atoms with Gasteiger partial charge in [-0.25, -0.2) is 4.98 Å². The molecular formula is C16H23NOS3. The molecule has 0 aliphatic rings. The molecule has 5 heteroatoms. The van der Waals surface area contributed by atoms with E-state index in [2.05, 4.69) is 37.2 Å². The fraction of sp³-hybridized carbons (Fsp3) is 0.438. The predicted octanol–water partition coefficient (Wildman–Crippen LogP) is 5.63. The van der Waals surface area contributed by atoms with Crippen LogP contribution in [-0.4, -0.2) is 10.1 Å². The van der Waals surface area contributed by atoms with Crippen LogP contribution >= 0.6 is 36.6 Å². The molecule has 2 rings (SSSR count). The number of aromatic nitrogens is 1. The van der Waals surface area contributed by atoms with Crippen LogP contribution in [0.3, 0.4) is 0 Å². The third kappa shape index (κ3) is 8.39. The molecule has 1 heterocycles. The van der Waals surface area contributed by atoms with E-state index >= 15 is 0 Å². The average Bonchev–Trinajstić information content (AvgIpc) is 2.85. The van der Waals surface area contributed by atoms with Gasteiger partial charge in [0.05, 0.1) is 0 Å². The first-order valence-electron chi connectivity index (χ1n) is 7.23. The van der Waals surface area contributed by atoms with Crippen molar-refractivity contribution in [3.05, 3.63) is 35.2 Å². The number of unbranched alkanes of at least 4 members (excludes halogenated alkanes) is 4. The normalized spacial score (nSPS) is 10.0. The van der Waals surface area contributed by atoms with Crippen LogP contribution in [0.1, 0.15) is 44.6 Å². The summed E-state index contributed by atoms with van der Waals surface area (Å²) in [7, 11) is 0. The van der Waals surface area contributed by atoms with E-state index in [1.165, 1.54) is 43.4 Å². The van der Waals surface area contributed by atoms with Crippen LogP contribution in [0.2, 0.25) is 0 Å². The van der Waals surface area contributed by atoms with Gasteiger partial charge in [-0.15, -0.1) is 36.6 Å². The van der Waals surface area contributed by atoms with Crippen LogP contribution in [-0.2, 0) is 6.42 Å². The van der Waals surface area contributed by atoms with Gasteiger partial charge in [0.1, 0.15) is 15.1 Å². The number of para-hydroxylation sites is 1. The maximum absolute atomic E-state index is 9.51. The van der Waals surface area contributed by atoms with Gasteiger partial charge in [-0.1, -0.05) is 50.8 Å². The largest absolute Gasteiger partial charge is 0.508 e. The maximum atomic E-state index is 9.51. The Hall–Kier alpha value is -0.650. The SMILES string of the molecule is CCCCCCCc1ccccc1O.Sc1csc(S)n1. The monoisotopic (exact) mass is 341 g/mol. The molecule has 0 bridgehead atoms. The number of aromatic hydroxyl groups is 1. The maximum Gasteiger partial charge on any atom is 0.148 e. The van der Waals surface area contributed by atoms with Gasteiger partial charge in [0, 0.05) is 5.38 Å². The van der Waals surface area contributed by atoms with Crippen LogP contribution in [0, 0.1) is 0 Å². The third-order valence-corrected chi connectivity index (χ3v) is 4.48. The van der Waals surface area contributed by atoms with Crippen LogP contribution in [0.5, 0.6) is 5.75 Å². The Morgan fingerprint density at radius 1 is 1.10 bits per heavy atom. The Balaban J connectivity index is 0.000000262. The number of thiol groups is 2. The molecule has 0 aliphatic carbocycles. The Bertz CT molecular complexity index is 497. The fourth-order valence-corrected chi connectivity index (χ4v) is 2.98. The summed E-state index contributed by atoms with van der Waals surface area (Å²) < 4.78 is 0.769. The third-order valence-electron chi connectivity index (χ3n) is 3.02. The van der Waals surface area contributed by atoms with E-state index in [0.29, 0.717) is 5.75 Å². The molecule has 0 saturated heterocycles. The molecule has 0 aliphatic heterocycles. The zero-order valence-electron chi connectivity index (χ0n) is 12.3. The van der Waals surface area contributed by atoms with E-state index in [1.807, 2.05) is 23.6 Å². The zero-order chi connectivity index (χ0) is 15.5. The molecule has 1 aromatic heterocycles. The number of rotatable bonds is 6. The molecule has 0 fully saturated rings. The van der Waals surface area contributed by atoms with Gasteiger partial charge in [0.15, 0.2) is 0 Å². The number of thiazole rings is 1. The van der Waals surface area contributed by atoms with Gasteiger partial charge in [0.2, 0.25) is 0 Å². The first-order chi connectivity index (χ1) is 10.1. The molecule has 1 N–H and O–H groups in total. The van der Waals surface area contributed by atoms with E-state index in [9.17, 15) is 5.11 Å². The van der Waals surface area contributed by atoms with Crippen molar-refractivity contribution in [1.82, 2.24) is 4.98 Å². The lowest BCUT2D eigenvalue weighted by atomic mass is 10.0. The number of benzene rings is 1. The minimum Gasteiger partial charge on any atom is -0.508 e. The summed E-state index contributed by atoms with van der Waals surface area (Å²) in [5.41, 5.74) is 1.09. The molecule has 0 atom stereocenters. The number of hydrogen-bond donors (Lipinski definition) is 3. The van der Waals surface area contributed by atoms with E-state index in [0.717, 1.165) is 21.3 Å². The topological polar surface area (TPSA) is 33.1 Å². The summed E-state index contributed by atoms with van der Waals surface area (Å²) in [4.78, 5) is 3.86. The highest BCUT2D eigenvalue weighted by atomic mass is 32.2. The van der Waals surface area contributed by atoms with Crippen molar-refractivity contribution in [1.29, 1.82) is 0 Å². The average molecular weight is 342 g/mol. The lowest BCUT2D eigenvalue weighted by Crippen LogP contribution is -1.86. The van der Waals surface area contributed by atoms with Crippen molar-refractivity contribution in [3.8, 4) is 5.75 Å². The second-order valence-electron chi connectivity index (χ2n) is 4.78. The zero-order valence-corrected chi connectivity index (χ0v) is 14.9. The Morgan fingerprint density at radius 3 is 2.33 bits per heavy atom. The summed E-state index contributed by atoms with van der Waals surface area (Å²) >= 11 is 9.40. The molecule has 0 amide bonds. The Kier molecular flexibility index (Phi) is 9.63. The molecule has 0 spiro atoms. The van der Waals surface area contributed by atoms with Crippen LogP contribution < -0.4 is 0 Å². The Labute approximate surface area is 142 Å². The lowest BCUT2D eigenvalue weighted by Gasteiger charge is -2.03. The first kappa shape index (κ1) is 18.4. The quantitative estimate of drug-likeness (QED) is 0.470. The molecule has 21 heavy (non-hydrogen) atoms. The van der Waals surface area contributed by atoms with Crippen LogP contribution in [0.4, 0.5) is 0 Å². The first-order valence-corrected chi connectivity index (χ1v) is 9.01. The standard InChI is InChI=1S/C13H20O.C3H3NS3/c1-2-3-4-5-6-9-12-10-7-8-11-13(12)14;5-2-1-7-3(6)4-2/h7-8,10-11,14H,2-6,9H2,1H3;1,5H,(H,4,6). The van der Waals surface area contributed by atoms with Gasteiger partial charge < -0.3 is 5.11 Å². The van der Waals surface area contributed by atoms with Gasteiger partial charge in [-0.2, -0.15) is 0 Å². The molecule has 2 nitrogen and oxygen atoms in total. The van der Waals surface area contributed by atoms with Crippen molar-refractivity contribution in [2.24, 2.45) is 0 Å². The van der Waals surface area contributed by atoms with E-state index < -0.39 is 0 Å². The van der Waals surface area contributed by atoms with Gasteiger partial charge in [-0.3, -0.25) is 0 Å². The summed E-state index contributed by atoms with van der Waals surface area (Å²) in [6.45, 7) is 2.23. The second kappa shape index (κ2) is 11.0. The summed E-state index contributed by atoms with van der Waals surface area (Å²) in [6, 6.07) is 7.63. The van der Waals surface area contributed by atoms with E-state index in [1.54, 1.807) is 6.07 Å². The lowest BCUT2D eigenvalue weighted by molar-refractivity contribution is 0.466. The summed E-state index contributed by atoms with van der Waals surface area (Å²) in [6.07, 6.45) is 7.43. The van der Waals surface area contributed by atoms with Crippen molar-refractivity contribution in [3.63, 3.8) is 0 Å². The van der Waals surface area contributed by atoms with Crippen molar-refractivity contribution >= 4 is 36.6 Å². The molecule has 1 aromatic carbocycles. The Morgan fingerprint density at radius 2 is 1.81 bits per heavy atom. The van der Waals surface area contributed by atoms with E-state index in [4.69, 9.17) is 0 Å². The number of phenolic OH excluding ortho intramolecular Hbond substituents is 1. The van der Waals surface area contributed by atoms with Crippen molar-refractivity contribution in [2.45, 2.75) is 54.8 Å².